The molecule has 0 heterocycles. The number of carbonyl (C=O) groups is 1. The molecule has 6 heteroatoms. The molecule has 0 aliphatic rings. The fourth-order valence-corrected chi connectivity index (χ4v) is 1.52. The Morgan fingerprint density at radius 1 is 1.10 bits per heavy atom. The Balaban J connectivity index is 4.88. The third-order valence-electron chi connectivity index (χ3n) is 3.52. The minimum Gasteiger partial charge on any atom is -0.462 e. The van der Waals surface area contributed by atoms with Crippen molar-refractivity contribution in [1.29, 1.82) is 0 Å². The maximum Gasteiger partial charge on any atom is 0.422 e. The van der Waals surface area contributed by atoms with Gasteiger partial charge >= 0.3 is 12.1 Å². The van der Waals surface area contributed by atoms with E-state index in [2.05, 4.69) is 0 Å². The smallest absolute Gasteiger partial charge is 0.422 e. The van der Waals surface area contributed by atoms with Gasteiger partial charge in [-0.3, -0.25) is 4.79 Å². The molecule has 2 atom stereocenters. The molecule has 0 aromatic heterocycles. The summed E-state index contributed by atoms with van der Waals surface area (Å²) in [5.74, 6) is -0.587. The first-order valence-corrected chi connectivity index (χ1v) is 6.84. The number of hydrogen-bond donors (Lipinski definition) is 0. The number of rotatable bonds is 7. The van der Waals surface area contributed by atoms with Crippen molar-refractivity contribution >= 4 is 5.97 Å². The van der Waals surface area contributed by atoms with Gasteiger partial charge in [0.15, 0.2) is 0 Å². The maximum atomic E-state index is 13.7. The first-order valence-electron chi connectivity index (χ1n) is 6.84. The van der Waals surface area contributed by atoms with Crippen LogP contribution in [-0.4, -0.2) is 23.9 Å². The van der Waals surface area contributed by atoms with Crippen LogP contribution in [0.1, 0.15) is 60.3 Å². The second kappa shape index (κ2) is 6.76. The highest BCUT2D eigenvalue weighted by atomic mass is 19.4. The largest absolute Gasteiger partial charge is 0.462 e. The molecular weight excluding hydrogens is 276 g/mol. The van der Waals surface area contributed by atoms with Gasteiger partial charge in [-0.1, -0.05) is 20.3 Å². The van der Waals surface area contributed by atoms with Crippen molar-refractivity contribution in [2.45, 2.75) is 78.3 Å². The molecule has 0 aliphatic heterocycles. The van der Waals surface area contributed by atoms with E-state index in [0.717, 1.165) is 0 Å². The Hall–Kier alpha value is -0.810. The Morgan fingerprint density at radius 3 is 1.95 bits per heavy atom. The Kier molecular flexibility index (Phi) is 6.49. The number of alkyl halides is 4. The minimum absolute atomic E-state index is 0.209. The van der Waals surface area contributed by atoms with Crippen LogP contribution >= 0.6 is 0 Å². The van der Waals surface area contributed by atoms with Crippen LogP contribution in [0.4, 0.5) is 17.6 Å². The number of esters is 1. The lowest BCUT2D eigenvalue weighted by atomic mass is 9.90. The van der Waals surface area contributed by atoms with E-state index >= 15 is 0 Å². The van der Waals surface area contributed by atoms with Gasteiger partial charge in [0, 0.05) is 6.42 Å². The van der Waals surface area contributed by atoms with Crippen molar-refractivity contribution in [2.75, 3.05) is 0 Å². The van der Waals surface area contributed by atoms with Gasteiger partial charge in [0.25, 0.3) is 0 Å². The molecule has 2 unspecified atom stereocenters. The van der Waals surface area contributed by atoms with Gasteiger partial charge in [-0.2, -0.15) is 13.2 Å². The molecule has 0 rings (SSSR count). The Bertz CT molecular complexity index is 322. The van der Waals surface area contributed by atoms with Crippen molar-refractivity contribution < 1.29 is 27.1 Å². The van der Waals surface area contributed by atoms with E-state index in [4.69, 9.17) is 4.74 Å². The topological polar surface area (TPSA) is 26.3 Å². The van der Waals surface area contributed by atoms with Crippen LogP contribution in [0, 0.1) is 5.41 Å². The average molecular weight is 300 g/mol. The summed E-state index contributed by atoms with van der Waals surface area (Å²) in [6.45, 7) is 7.31. The van der Waals surface area contributed by atoms with Gasteiger partial charge in [-0.05, 0) is 33.6 Å². The zero-order valence-corrected chi connectivity index (χ0v) is 12.7. The van der Waals surface area contributed by atoms with Crippen LogP contribution < -0.4 is 0 Å². The Labute approximate surface area is 117 Å². The molecule has 0 aromatic carbocycles. The SMILES string of the molecule is CCCC(CC(C)(F)C(F)(F)F)OC(=O)C(C)(C)CC. The highest BCUT2D eigenvalue weighted by Crippen LogP contribution is 2.38. The summed E-state index contributed by atoms with van der Waals surface area (Å²) in [5, 5.41) is 0. The Morgan fingerprint density at radius 2 is 1.60 bits per heavy atom. The summed E-state index contributed by atoms with van der Waals surface area (Å²) in [4.78, 5) is 11.9. The monoisotopic (exact) mass is 300 g/mol. The van der Waals surface area contributed by atoms with Gasteiger partial charge in [-0.25, -0.2) is 4.39 Å². The van der Waals surface area contributed by atoms with Crippen molar-refractivity contribution in [1.82, 2.24) is 0 Å². The zero-order chi connectivity index (χ0) is 16.2. The van der Waals surface area contributed by atoms with Crippen molar-refractivity contribution in [2.24, 2.45) is 5.41 Å². The summed E-state index contributed by atoms with van der Waals surface area (Å²) in [6, 6.07) is 0. The predicted octanol–water partition coefficient (Wildman–Crippen LogP) is 4.82. The van der Waals surface area contributed by atoms with Gasteiger partial charge in [-0.15, -0.1) is 0 Å². The molecule has 0 saturated carbocycles. The molecule has 0 aromatic rings. The lowest BCUT2D eigenvalue weighted by Gasteiger charge is -2.30. The first kappa shape index (κ1) is 19.2. The fourth-order valence-electron chi connectivity index (χ4n) is 1.52. The quantitative estimate of drug-likeness (QED) is 0.498. The summed E-state index contributed by atoms with van der Waals surface area (Å²) >= 11 is 0. The highest BCUT2D eigenvalue weighted by molar-refractivity contribution is 5.76. The van der Waals surface area contributed by atoms with E-state index < -0.39 is 35.8 Å². The third kappa shape index (κ3) is 5.29. The maximum absolute atomic E-state index is 13.7. The van der Waals surface area contributed by atoms with E-state index in [1.54, 1.807) is 27.7 Å². The molecule has 2 nitrogen and oxygen atoms in total. The second-order valence-corrected chi connectivity index (χ2v) is 5.95. The van der Waals surface area contributed by atoms with E-state index in [9.17, 15) is 22.4 Å². The molecule has 0 radical (unpaired) electrons. The van der Waals surface area contributed by atoms with E-state index in [1.807, 2.05) is 0 Å². The van der Waals surface area contributed by atoms with Crippen LogP contribution in [0.15, 0.2) is 0 Å². The van der Waals surface area contributed by atoms with Crippen LogP contribution in [-0.2, 0) is 9.53 Å². The van der Waals surface area contributed by atoms with Crippen LogP contribution in [0.3, 0.4) is 0 Å². The summed E-state index contributed by atoms with van der Waals surface area (Å²) in [7, 11) is 0. The molecule has 0 spiro atoms. The van der Waals surface area contributed by atoms with Crippen LogP contribution in [0.2, 0.25) is 0 Å². The van der Waals surface area contributed by atoms with Crippen molar-refractivity contribution in [3.05, 3.63) is 0 Å². The van der Waals surface area contributed by atoms with E-state index in [1.165, 1.54) is 0 Å². The molecule has 0 aliphatic carbocycles. The molecule has 120 valence electrons. The number of ether oxygens (including phenoxy) is 1. The fraction of sp³-hybridized carbons (Fsp3) is 0.929. The molecule has 0 bridgehead atoms. The molecule has 0 N–H and O–H groups in total. The van der Waals surface area contributed by atoms with Gasteiger partial charge < -0.3 is 4.74 Å². The highest BCUT2D eigenvalue weighted by Gasteiger charge is 2.53. The standard InChI is InChI=1S/C14H24F4O2/c1-6-8-10(9-13(5,15)14(16,17)18)20-11(19)12(3,4)7-2/h10H,6-9H2,1-5H3. The van der Waals surface area contributed by atoms with Crippen molar-refractivity contribution in [3.63, 3.8) is 0 Å². The first-order chi connectivity index (χ1) is 8.87. The minimum atomic E-state index is -4.97. The van der Waals surface area contributed by atoms with Crippen LogP contribution in [0.5, 0.6) is 0 Å². The average Bonchev–Trinajstić information content (AvgIpc) is 2.27. The zero-order valence-electron chi connectivity index (χ0n) is 12.7. The summed E-state index contributed by atoms with van der Waals surface area (Å²) in [6.07, 6.45) is -5.67. The summed E-state index contributed by atoms with van der Waals surface area (Å²) < 4.78 is 56.5. The summed E-state index contributed by atoms with van der Waals surface area (Å²) in [5.41, 5.74) is -4.14. The second-order valence-electron chi connectivity index (χ2n) is 5.95. The molecule has 20 heavy (non-hydrogen) atoms. The van der Waals surface area contributed by atoms with Gasteiger partial charge in [0.05, 0.1) is 5.41 Å². The number of halogens is 4. The van der Waals surface area contributed by atoms with E-state index in [0.29, 0.717) is 19.8 Å². The third-order valence-corrected chi connectivity index (χ3v) is 3.52. The van der Waals surface area contributed by atoms with Crippen LogP contribution in [0.25, 0.3) is 0 Å². The molecular formula is C14H24F4O2. The van der Waals surface area contributed by atoms with Crippen molar-refractivity contribution in [3.8, 4) is 0 Å². The molecule has 0 fully saturated rings. The van der Waals surface area contributed by atoms with Gasteiger partial charge in [0.1, 0.15) is 6.10 Å². The number of carbonyl (C=O) groups excluding carboxylic acids is 1. The molecule has 0 saturated heterocycles. The molecule has 0 amide bonds. The van der Waals surface area contributed by atoms with E-state index in [-0.39, 0.29) is 6.42 Å². The lowest BCUT2D eigenvalue weighted by Crippen LogP contribution is -2.42. The lowest BCUT2D eigenvalue weighted by molar-refractivity contribution is -0.234. The normalized spacial score (nSPS) is 17.4. The predicted molar refractivity (Wildman–Crippen MR) is 69.0 cm³/mol. The number of hydrogen-bond acceptors (Lipinski definition) is 2. The van der Waals surface area contributed by atoms with Gasteiger partial charge in [0.2, 0.25) is 5.67 Å².